The fraction of sp³-hybridized carbons (Fsp3) is 0.222. The largest absolute Gasteiger partial charge is 0.375 e. The van der Waals surface area contributed by atoms with Crippen molar-refractivity contribution in [3.63, 3.8) is 0 Å². The molecule has 1 aromatic carbocycles. The van der Waals surface area contributed by atoms with Crippen molar-refractivity contribution in [2.24, 2.45) is 0 Å². The SMILES string of the molecule is CN(C)c1ccc(NC=O)cc1F. The van der Waals surface area contributed by atoms with Gasteiger partial charge in [0.25, 0.3) is 0 Å². The van der Waals surface area contributed by atoms with Gasteiger partial charge in [-0.3, -0.25) is 4.79 Å². The summed E-state index contributed by atoms with van der Waals surface area (Å²) in [6.07, 6.45) is 0.518. The summed E-state index contributed by atoms with van der Waals surface area (Å²) in [5.74, 6) is -0.350. The standard InChI is InChI=1S/C9H11FN2O/c1-12(2)9-4-3-7(11-6-13)5-8(9)10/h3-6H,1-2H3,(H,11,13). The van der Waals surface area contributed by atoms with Crippen molar-refractivity contribution in [1.29, 1.82) is 0 Å². The van der Waals surface area contributed by atoms with Crippen molar-refractivity contribution in [1.82, 2.24) is 0 Å². The molecule has 0 heterocycles. The Kier molecular flexibility index (Phi) is 2.84. The second-order valence-corrected chi connectivity index (χ2v) is 2.82. The first-order valence-corrected chi connectivity index (χ1v) is 3.82. The molecule has 0 radical (unpaired) electrons. The van der Waals surface area contributed by atoms with Gasteiger partial charge in [-0.05, 0) is 18.2 Å². The second-order valence-electron chi connectivity index (χ2n) is 2.82. The third-order valence-corrected chi connectivity index (χ3v) is 1.66. The Bertz CT molecular complexity index is 312. The van der Waals surface area contributed by atoms with E-state index in [-0.39, 0.29) is 5.82 Å². The molecule has 0 fully saturated rings. The van der Waals surface area contributed by atoms with Gasteiger partial charge in [0, 0.05) is 19.8 Å². The fourth-order valence-electron chi connectivity index (χ4n) is 1.03. The summed E-state index contributed by atoms with van der Waals surface area (Å²) < 4.78 is 13.2. The average molecular weight is 182 g/mol. The highest BCUT2D eigenvalue weighted by Crippen LogP contribution is 2.20. The molecule has 0 unspecified atom stereocenters. The number of nitrogens with one attached hydrogen (secondary N) is 1. The number of hydrogen-bond donors (Lipinski definition) is 1. The van der Waals surface area contributed by atoms with E-state index < -0.39 is 0 Å². The van der Waals surface area contributed by atoms with E-state index in [1.165, 1.54) is 6.07 Å². The van der Waals surface area contributed by atoms with E-state index >= 15 is 0 Å². The van der Waals surface area contributed by atoms with Crippen LogP contribution >= 0.6 is 0 Å². The molecule has 3 nitrogen and oxygen atoms in total. The van der Waals surface area contributed by atoms with Gasteiger partial charge in [0.05, 0.1) is 5.69 Å². The van der Waals surface area contributed by atoms with Crippen LogP contribution in [-0.2, 0) is 4.79 Å². The molecule has 0 aliphatic rings. The van der Waals surface area contributed by atoms with Gasteiger partial charge in [-0.25, -0.2) is 4.39 Å². The smallest absolute Gasteiger partial charge is 0.211 e. The number of benzene rings is 1. The van der Waals surface area contributed by atoms with Crippen LogP contribution in [0.4, 0.5) is 15.8 Å². The maximum Gasteiger partial charge on any atom is 0.211 e. The zero-order chi connectivity index (χ0) is 9.84. The summed E-state index contributed by atoms with van der Waals surface area (Å²) in [5, 5.41) is 2.38. The summed E-state index contributed by atoms with van der Waals surface area (Å²) in [7, 11) is 3.51. The summed E-state index contributed by atoms with van der Waals surface area (Å²) in [6, 6.07) is 4.54. The Morgan fingerprint density at radius 1 is 1.46 bits per heavy atom. The minimum Gasteiger partial charge on any atom is -0.375 e. The molecular weight excluding hydrogens is 171 g/mol. The maximum absolute atomic E-state index is 13.2. The van der Waals surface area contributed by atoms with Crippen LogP contribution in [0.3, 0.4) is 0 Å². The molecule has 0 bridgehead atoms. The average Bonchev–Trinajstić information content (AvgIpc) is 2.04. The van der Waals surface area contributed by atoms with Gasteiger partial charge in [-0.1, -0.05) is 0 Å². The lowest BCUT2D eigenvalue weighted by Gasteiger charge is -2.13. The lowest BCUT2D eigenvalue weighted by molar-refractivity contribution is -0.105. The minimum atomic E-state index is -0.350. The monoisotopic (exact) mass is 182 g/mol. The highest BCUT2D eigenvalue weighted by molar-refractivity contribution is 5.72. The summed E-state index contributed by atoms with van der Waals surface area (Å²) in [6.45, 7) is 0. The third-order valence-electron chi connectivity index (χ3n) is 1.66. The number of rotatable bonds is 3. The van der Waals surface area contributed by atoms with E-state index in [0.29, 0.717) is 17.8 Å². The Morgan fingerprint density at radius 2 is 2.15 bits per heavy atom. The molecule has 0 saturated heterocycles. The van der Waals surface area contributed by atoms with Crippen molar-refractivity contribution in [3.8, 4) is 0 Å². The molecule has 0 saturated carbocycles. The number of carbonyl (C=O) groups excluding carboxylic acids is 1. The van der Waals surface area contributed by atoms with Crippen LogP contribution in [0.2, 0.25) is 0 Å². The molecule has 0 atom stereocenters. The zero-order valence-corrected chi connectivity index (χ0v) is 7.54. The topological polar surface area (TPSA) is 32.3 Å². The van der Waals surface area contributed by atoms with Crippen molar-refractivity contribution >= 4 is 17.8 Å². The van der Waals surface area contributed by atoms with Crippen LogP contribution in [0.5, 0.6) is 0 Å². The molecule has 1 N–H and O–H groups in total. The molecule has 0 aliphatic carbocycles. The maximum atomic E-state index is 13.2. The molecular formula is C9H11FN2O. The first-order valence-electron chi connectivity index (χ1n) is 3.82. The van der Waals surface area contributed by atoms with Crippen LogP contribution in [0.25, 0.3) is 0 Å². The molecule has 4 heteroatoms. The molecule has 1 rings (SSSR count). The second kappa shape index (κ2) is 3.89. The van der Waals surface area contributed by atoms with E-state index in [9.17, 15) is 9.18 Å². The minimum absolute atomic E-state index is 0.350. The van der Waals surface area contributed by atoms with Crippen LogP contribution in [0.15, 0.2) is 18.2 Å². The first kappa shape index (κ1) is 9.51. The number of carbonyl (C=O) groups is 1. The van der Waals surface area contributed by atoms with Gasteiger partial charge in [0.2, 0.25) is 6.41 Å². The van der Waals surface area contributed by atoms with E-state index in [2.05, 4.69) is 5.32 Å². The molecule has 0 aromatic heterocycles. The van der Waals surface area contributed by atoms with E-state index in [4.69, 9.17) is 0 Å². The van der Waals surface area contributed by atoms with Gasteiger partial charge in [-0.2, -0.15) is 0 Å². The lowest BCUT2D eigenvalue weighted by Crippen LogP contribution is -2.10. The van der Waals surface area contributed by atoms with Gasteiger partial charge < -0.3 is 10.2 Å². The number of hydrogen-bond acceptors (Lipinski definition) is 2. The van der Waals surface area contributed by atoms with Crippen LogP contribution in [0.1, 0.15) is 0 Å². The summed E-state index contributed by atoms with van der Waals surface area (Å²) in [4.78, 5) is 11.7. The van der Waals surface area contributed by atoms with Crippen molar-refractivity contribution in [3.05, 3.63) is 24.0 Å². The molecule has 1 aromatic rings. The molecule has 70 valence electrons. The van der Waals surface area contributed by atoms with Crippen LogP contribution in [-0.4, -0.2) is 20.5 Å². The van der Waals surface area contributed by atoms with Gasteiger partial charge in [-0.15, -0.1) is 0 Å². The third kappa shape index (κ3) is 2.18. The van der Waals surface area contributed by atoms with E-state index in [1.807, 2.05) is 0 Å². The number of nitrogens with zero attached hydrogens (tertiary/aromatic N) is 1. The molecule has 0 spiro atoms. The van der Waals surface area contributed by atoms with Gasteiger partial charge in [0.1, 0.15) is 5.82 Å². The van der Waals surface area contributed by atoms with Crippen molar-refractivity contribution in [2.45, 2.75) is 0 Å². The Labute approximate surface area is 76.2 Å². The molecule has 1 amide bonds. The first-order chi connectivity index (χ1) is 6.15. The molecule has 13 heavy (non-hydrogen) atoms. The van der Waals surface area contributed by atoms with Crippen LogP contribution < -0.4 is 10.2 Å². The Hall–Kier alpha value is -1.58. The van der Waals surface area contributed by atoms with Crippen molar-refractivity contribution in [2.75, 3.05) is 24.3 Å². The Morgan fingerprint density at radius 3 is 2.62 bits per heavy atom. The van der Waals surface area contributed by atoms with E-state index in [0.717, 1.165) is 0 Å². The number of halogens is 1. The lowest BCUT2D eigenvalue weighted by atomic mass is 10.2. The normalized spacial score (nSPS) is 9.46. The number of amides is 1. The predicted octanol–water partition coefficient (Wildman–Crippen LogP) is 1.46. The highest BCUT2D eigenvalue weighted by atomic mass is 19.1. The highest BCUT2D eigenvalue weighted by Gasteiger charge is 2.04. The summed E-state index contributed by atoms with van der Waals surface area (Å²) in [5.41, 5.74) is 0.953. The predicted molar refractivity (Wildman–Crippen MR) is 50.4 cm³/mol. The van der Waals surface area contributed by atoms with Crippen LogP contribution in [0, 0.1) is 5.82 Å². The molecule has 0 aliphatic heterocycles. The Balaban J connectivity index is 2.98. The summed E-state index contributed by atoms with van der Waals surface area (Å²) >= 11 is 0. The van der Waals surface area contributed by atoms with E-state index in [1.54, 1.807) is 31.1 Å². The quantitative estimate of drug-likeness (QED) is 0.718. The number of anilines is 2. The van der Waals surface area contributed by atoms with Gasteiger partial charge >= 0.3 is 0 Å². The fourth-order valence-corrected chi connectivity index (χ4v) is 1.03. The van der Waals surface area contributed by atoms with Gasteiger partial charge in [0.15, 0.2) is 0 Å². The van der Waals surface area contributed by atoms with Crippen molar-refractivity contribution < 1.29 is 9.18 Å². The zero-order valence-electron chi connectivity index (χ0n) is 7.54.